The molecule has 4 rings (SSSR count). The summed E-state index contributed by atoms with van der Waals surface area (Å²) in [5.74, 6) is 2.89. The number of aromatic nitrogens is 7. The SMILES string of the molecule is CC(C)CCn1nc(-c2ccccn2)nc1C1CC(n2cnnc2)C1. The molecule has 0 amide bonds. The summed E-state index contributed by atoms with van der Waals surface area (Å²) in [5, 5.41) is 12.6. The first-order valence-electron chi connectivity index (χ1n) is 8.91. The van der Waals surface area contributed by atoms with Crippen LogP contribution in [0.2, 0.25) is 0 Å². The zero-order valence-corrected chi connectivity index (χ0v) is 14.7. The van der Waals surface area contributed by atoms with E-state index in [2.05, 4.69) is 38.3 Å². The number of hydrogen-bond acceptors (Lipinski definition) is 5. The van der Waals surface area contributed by atoms with Crippen molar-refractivity contribution >= 4 is 0 Å². The van der Waals surface area contributed by atoms with E-state index < -0.39 is 0 Å². The summed E-state index contributed by atoms with van der Waals surface area (Å²) in [6.45, 7) is 5.38. The smallest absolute Gasteiger partial charge is 0.200 e. The Hall–Kier alpha value is -2.57. The van der Waals surface area contributed by atoms with Gasteiger partial charge in [-0.05, 0) is 37.3 Å². The van der Waals surface area contributed by atoms with E-state index >= 15 is 0 Å². The molecular weight excluding hydrogens is 314 g/mol. The van der Waals surface area contributed by atoms with Crippen LogP contribution < -0.4 is 0 Å². The zero-order chi connectivity index (χ0) is 17.2. The quantitative estimate of drug-likeness (QED) is 0.691. The summed E-state index contributed by atoms with van der Waals surface area (Å²) in [5.41, 5.74) is 0.835. The van der Waals surface area contributed by atoms with E-state index in [1.165, 1.54) is 0 Å². The first-order chi connectivity index (χ1) is 12.2. The van der Waals surface area contributed by atoms with Gasteiger partial charge in [-0.15, -0.1) is 15.3 Å². The van der Waals surface area contributed by atoms with Gasteiger partial charge < -0.3 is 4.57 Å². The molecule has 0 aromatic carbocycles. The van der Waals surface area contributed by atoms with Crippen LogP contribution in [0.1, 0.15) is 50.9 Å². The average molecular weight is 337 g/mol. The molecule has 0 atom stereocenters. The van der Waals surface area contributed by atoms with E-state index in [0.29, 0.717) is 17.9 Å². The summed E-state index contributed by atoms with van der Waals surface area (Å²) >= 11 is 0. The second-order valence-corrected chi connectivity index (χ2v) is 7.15. The van der Waals surface area contributed by atoms with Gasteiger partial charge in [-0.3, -0.25) is 4.98 Å². The largest absolute Gasteiger partial charge is 0.317 e. The summed E-state index contributed by atoms with van der Waals surface area (Å²) in [6, 6.07) is 6.32. The average Bonchev–Trinajstić information content (AvgIpc) is 3.23. The summed E-state index contributed by atoms with van der Waals surface area (Å²) < 4.78 is 4.18. The van der Waals surface area contributed by atoms with Crippen molar-refractivity contribution in [3.63, 3.8) is 0 Å². The van der Waals surface area contributed by atoms with Crippen molar-refractivity contribution in [1.82, 2.24) is 34.5 Å². The lowest BCUT2D eigenvalue weighted by Crippen LogP contribution is -2.27. The van der Waals surface area contributed by atoms with Crippen LogP contribution in [0.25, 0.3) is 11.5 Å². The Morgan fingerprint density at radius 3 is 2.64 bits per heavy atom. The van der Waals surface area contributed by atoms with Gasteiger partial charge in [0.25, 0.3) is 0 Å². The van der Waals surface area contributed by atoms with E-state index in [1.807, 2.05) is 18.2 Å². The van der Waals surface area contributed by atoms with Gasteiger partial charge >= 0.3 is 0 Å². The van der Waals surface area contributed by atoms with E-state index in [1.54, 1.807) is 18.9 Å². The van der Waals surface area contributed by atoms with Crippen molar-refractivity contribution in [2.75, 3.05) is 0 Å². The fraction of sp³-hybridized carbons (Fsp3) is 0.500. The maximum Gasteiger partial charge on any atom is 0.200 e. The lowest BCUT2D eigenvalue weighted by Gasteiger charge is -2.35. The fourth-order valence-electron chi connectivity index (χ4n) is 3.24. The Kier molecular flexibility index (Phi) is 4.29. The van der Waals surface area contributed by atoms with Crippen LogP contribution in [0.4, 0.5) is 0 Å². The molecule has 7 nitrogen and oxygen atoms in total. The minimum atomic E-state index is 0.435. The van der Waals surface area contributed by atoms with Crippen LogP contribution in [0, 0.1) is 5.92 Å². The van der Waals surface area contributed by atoms with Crippen molar-refractivity contribution in [3.8, 4) is 11.5 Å². The van der Waals surface area contributed by atoms with Crippen LogP contribution in [0.15, 0.2) is 37.1 Å². The molecule has 3 heterocycles. The second kappa shape index (κ2) is 6.74. The van der Waals surface area contributed by atoms with Crippen LogP contribution in [-0.4, -0.2) is 34.5 Å². The van der Waals surface area contributed by atoms with Crippen molar-refractivity contribution in [3.05, 3.63) is 42.9 Å². The Balaban J connectivity index is 1.56. The minimum Gasteiger partial charge on any atom is -0.317 e. The lowest BCUT2D eigenvalue weighted by atomic mass is 9.79. The summed E-state index contributed by atoms with van der Waals surface area (Å²) in [6.07, 6.45) is 8.59. The fourth-order valence-corrected chi connectivity index (χ4v) is 3.24. The Bertz CT molecular complexity index is 801. The van der Waals surface area contributed by atoms with Gasteiger partial charge in [0.1, 0.15) is 24.2 Å². The van der Waals surface area contributed by atoms with Crippen molar-refractivity contribution < 1.29 is 0 Å². The highest BCUT2D eigenvalue weighted by Gasteiger charge is 2.35. The van der Waals surface area contributed by atoms with E-state index in [4.69, 9.17) is 10.1 Å². The molecule has 3 aromatic rings. The van der Waals surface area contributed by atoms with Crippen LogP contribution in [-0.2, 0) is 6.54 Å². The van der Waals surface area contributed by atoms with Crippen LogP contribution >= 0.6 is 0 Å². The molecular formula is C18H23N7. The highest BCUT2D eigenvalue weighted by Crippen LogP contribution is 2.44. The minimum absolute atomic E-state index is 0.435. The number of hydrogen-bond donors (Lipinski definition) is 0. The van der Waals surface area contributed by atoms with Crippen LogP contribution in [0.3, 0.4) is 0 Å². The van der Waals surface area contributed by atoms with E-state index in [-0.39, 0.29) is 0 Å². The standard InChI is InChI=1S/C18H23N7/c1-13(2)6-8-25-18(14-9-15(10-14)24-11-20-21-12-24)22-17(23-25)16-5-3-4-7-19-16/h3-5,7,11-15H,6,8-10H2,1-2H3. The molecule has 0 spiro atoms. The highest BCUT2D eigenvalue weighted by atomic mass is 15.4. The van der Waals surface area contributed by atoms with Gasteiger partial charge in [0, 0.05) is 24.7 Å². The Morgan fingerprint density at radius 1 is 1.16 bits per heavy atom. The van der Waals surface area contributed by atoms with Gasteiger partial charge in [-0.2, -0.15) is 0 Å². The van der Waals surface area contributed by atoms with Crippen molar-refractivity contribution in [2.45, 2.75) is 51.6 Å². The molecule has 130 valence electrons. The molecule has 0 N–H and O–H groups in total. The van der Waals surface area contributed by atoms with Gasteiger partial charge in [-0.25, -0.2) is 9.67 Å². The van der Waals surface area contributed by atoms with Crippen molar-refractivity contribution in [2.24, 2.45) is 5.92 Å². The van der Waals surface area contributed by atoms with Crippen LogP contribution in [0.5, 0.6) is 0 Å². The third kappa shape index (κ3) is 3.31. The van der Waals surface area contributed by atoms with Gasteiger partial charge in [0.05, 0.1) is 0 Å². The molecule has 0 saturated heterocycles. The molecule has 1 saturated carbocycles. The Morgan fingerprint density at radius 2 is 1.96 bits per heavy atom. The summed E-state index contributed by atoms with van der Waals surface area (Å²) in [4.78, 5) is 9.24. The molecule has 1 fully saturated rings. The second-order valence-electron chi connectivity index (χ2n) is 7.15. The molecule has 0 bridgehead atoms. The van der Waals surface area contributed by atoms with Gasteiger partial charge in [0.2, 0.25) is 0 Å². The number of rotatable bonds is 6. The molecule has 3 aromatic heterocycles. The first-order valence-corrected chi connectivity index (χ1v) is 8.91. The zero-order valence-electron chi connectivity index (χ0n) is 14.7. The maximum atomic E-state index is 4.85. The maximum absolute atomic E-state index is 4.85. The predicted octanol–water partition coefficient (Wildman–Crippen LogP) is 3.10. The monoisotopic (exact) mass is 337 g/mol. The molecule has 0 radical (unpaired) electrons. The predicted molar refractivity (Wildman–Crippen MR) is 93.7 cm³/mol. The highest BCUT2D eigenvalue weighted by molar-refractivity contribution is 5.48. The molecule has 1 aliphatic rings. The number of nitrogens with zero attached hydrogens (tertiary/aromatic N) is 7. The third-order valence-electron chi connectivity index (χ3n) is 4.85. The number of pyridine rings is 1. The molecule has 0 unspecified atom stereocenters. The van der Waals surface area contributed by atoms with Crippen molar-refractivity contribution in [1.29, 1.82) is 0 Å². The summed E-state index contributed by atoms with van der Waals surface area (Å²) in [7, 11) is 0. The Labute approximate surface area is 147 Å². The number of aryl methyl sites for hydroxylation is 1. The molecule has 1 aliphatic carbocycles. The first kappa shape index (κ1) is 15.9. The van der Waals surface area contributed by atoms with E-state index in [0.717, 1.165) is 43.1 Å². The third-order valence-corrected chi connectivity index (χ3v) is 4.85. The lowest BCUT2D eigenvalue weighted by molar-refractivity contribution is 0.246. The molecule has 0 aliphatic heterocycles. The van der Waals surface area contributed by atoms with Gasteiger partial charge in [0.15, 0.2) is 5.82 Å². The molecule has 25 heavy (non-hydrogen) atoms. The van der Waals surface area contributed by atoms with E-state index in [9.17, 15) is 0 Å². The van der Waals surface area contributed by atoms with Gasteiger partial charge in [-0.1, -0.05) is 19.9 Å². The molecule has 7 heteroatoms. The normalized spacial score (nSPS) is 20.0. The topological polar surface area (TPSA) is 74.3 Å².